The van der Waals surface area contributed by atoms with Gasteiger partial charge in [-0.1, -0.05) is 19.3 Å². The van der Waals surface area contributed by atoms with E-state index in [4.69, 9.17) is 0 Å². The Balaban J connectivity index is 1.53. The predicted molar refractivity (Wildman–Crippen MR) is 89.4 cm³/mol. The van der Waals surface area contributed by atoms with Gasteiger partial charge in [0.2, 0.25) is 0 Å². The third-order valence-electron chi connectivity index (χ3n) is 5.67. The van der Waals surface area contributed by atoms with Crippen molar-refractivity contribution in [3.05, 3.63) is 0 Å². The maximum atomic E-state index is 3.93. The van der Waals surface area contributed by atoms with E-state index >= 15 is 0 Å². The summed E-state index contributed by atoms with van der Waals surface area (Å²) < 4.78 is 0. The molecule has 0 aromatic heterocycles. The first-order valence-corrected chi connectivity index (χ1v) is 10.2. The van der Waals surface area contributed by atoms with E-state index in [2.05, 4.69) is 16.5 Å². The van der Waals surface area contributed by atoms with Gasteiger partial charge in [-0.25, -0.2) is 0 Å². The number of hydrogen-bond donors (Lipinski definition) is 1. The quantitative estimate of drug-likeness (QED) is 0.757. The summed E-state index contributed by atoms with van der Waals surface area (Å²) in [5.41, 5.74) is 0. The van der Waals surface area contributed by atoms with Gasteiger partial charge >= 0.3 is 0 Å². The molecule has 3 rings (SSSR count). The van der Waals surface area contributed by atoms with Gasteiger partial charge < -0.3 is 5.32 Å². The van der Waals surface area contributed by atoms with Crippen LogP contribution in [0.25, 0.3) is 0 Å². The van der Waals surface area contributed by atoms with Crippen LogP contribution in [0.4, 0.5) is 0 Å². The van der Waals surface area contributed by atoms with Crippen LogP contribution in [0.15, 0.2) is 0 Å². The van der Waals surface area contributed by atoms with E-state index in [1.54, 1.807) is 0 Å². The summed E-state index contributed by atoms with van der Waals surface area (Å²) in [4.78, 5) is 2.86. The highest BCUT2D eigenvalue weighted by Gasteiger charge is 2.40. The van der Waals surface area contributed by atoms with Crippen molar-refractivity contribution < 1.29 is 0 Å². The molecule has 20 heavy (non-hydrogen) atoms. The SMILES string of the molecule is CSCCCN1CC(C2CCCCC2)NCC1C1CC1. The van der Waals surface area contributed by atoms with Crippen molar-refractivity contribution in [2.75, 3.05) is 31.6 Å². The van der Waals surface area contributed by atoms with Gasteiger partial charge in [0, 0.05) is 25.2 Å². The van der Waals surface area contributed by atoms with Gasteiger partial charge in [0.25, 0.3) is 0 Å². The fraction of sp³-hybridized carbons (Fsp3) is 1.00. The molecule has 0 amide bonds. The molecule has 116 valence electrons. The first-order chi connectivity index (χ1) is 9.88. The summed E-state index contributed by atoms with van der Waals surface area (Å²) >= 11 is 2.00. The van der Waals surface area contributed by atoms with Crippen LogP contribution in [0.1, 0.15) is 51.4 Å². The maximum Gasteiger partial charge on any atom is 0.0249 e. The molecule has 3 heteroatoms. The van der Waals surface area contributed by atoms with Crippen molar-refractivity contribution in [2.45, 2.75) is 63.5 Å². The second-order valence-corrected chi connectivity index (χ2v) is 8.14. The van der Waals surface area contributed by atoms with E-state index < -0.39 is 0 Å². The van der Waals surface area contributed by atoms with E-state index in [0.717, 1.165) is 23.9 Å². The number of piperazine rings is 1. The average Bonchev–Trinajstić information content (AvgIpc) is 3.33. The molecule has 2 atom stereocenters. The van der Waals surface area contributed by atoms with Crippen LogP contribution in [0.2, 0.25) is 0 Å². The molecule has 2 saturated carbocycles. The molecule has 2 nitrogen and oxygen atoms in total. The summed E-state index contributed by atoms with van der Waals surface area (Å²) in [5.74, 6) is 3.31. The van der Waals surface area contributed by atoms with E-state index in [-0.39, 0.29) is 0 Å². The number of rotatable bonds is 6. The van der Waals surface area contributed by atoms with Gasteiger partial charge in [-0.2, -0.15) is 11.8 Å². The lowest BCUT2D eigenvalue weighted by Crippen LogP contribution is -2.59. The minimum Gasteiger partial charge on any atom is -0.311 e. The Labute approximate surface area is 129 Å². The van der Waals surface area contributed by atoms with Gasteiger partial charge in [-0.05, 0) is 62.5 Å². The Morgan fingerprint density at radius 2 is 1.85 bits per heavy atom. The summed E-state index contributed by atoms with van der Waals surface area (Å²) in [6.07, 6.45) is 14.0. The molecule has 2 unspecified atom stereocenters. The van der Waals surface area contributed by atoms with Gasteiger partial charge in [0.05, 0.1) is 0 Å². The van der Waals surface area contributed by atoms with Gasteiger partial charge in [-0.3, -0.25) is 4.90 Å². The lowest BCUT2D eigenvalue weighted by atomic mass is 9.82. The second kappa shape index (κ2) is 7.51. The third kappa shape index (κ3) is 3.92. The summed E-state index contributed by atoms with van der Waals surface area (Å²) in [6.45, 7) is 3.94. The third-order valence-corrected chi connectivity index (χ3v) is 6.37. The number of nitrogens with one attached hydrogen (secondary N) is 1. The highest BCUT2D eigenvalue weighted by molar-refractivity contribution is 7.98. The summed E-state index contributed by atoms with van der Waals surface area (Å²) in [6, 6.07) is 1.65. The average molecular weight is 297 g/mol. The molecule has 0 aromatic carbocycles. The molecule has 0 bridgehead atoms. The van der Waals surface area contributed by atoms with Crippen LogP contribution in [-0.4, -0.2) is 48.6 Å². The molecule has 0 aromatic rings. The fourth-order valence-corrected chi connectivity index (χ4v) is 4.74. The Morgan fingerprint density at radius 1 is 1.05 bits per heavy atom. The first-order valence-electron chi connectivity index (χ1n) is 8.85. The smallest absolute Gasteiger partial charge is 0.0249 e. The lowest BCUT2D eigenvalue weighted by molar-refractivity contribution is 0.0850. The molecule has 3 aliphatic rings. The predicted octanol–water partition coefficient (Wildman–Crippen LogP) is 3.37. The van der Waals surface area contributed by atoms with E-state index in [9.17, 15) is 0 Å². The minimum absolute atomic E-state index is 0.791. The highest BCUT2D eigenvalue weighted by atomic mass is 32.2. The van der Waals surface area contributed by atoms with E-state index in [0.29, 0.717) is 0 Å². The molecule has 0 radical (unpaired) electrons. The normalized spacial score (nSPS) is 33.5. The summed E-state index contributed by atoms with van der Waals surface area (Å²) in [5, 5.41) is 3.93. The van der Waals surface area contributed by atoms with Crippen LogP contribution in [-0.2, 0) is 0 Å². The monoisotopic (exact) mass is 296 g/mol. The van der Waals surface area contributed by atoms with Crippen molar-refractivity contribution in [3.8, 4) is 0 Å². The topological polar surface area (TPSA) is 15.3 Å². The van der Waals surface area contributed by atoms with Crippen molar-refractivity contribution in [1.82, 2.24) is 10.2 Å². The van der Waals surface area contributed by atoms with E-state index in [1.165, 1.54) is 76.8 Å². The second-order valence-electron chi connectivity index (χ2n) is 7.16. The Bertz CT molecular complexity index is 287. The first kappa shape index (κ1) is 15.2. The van der Waals surface area contributed by atoms with Crippen molar-refractivity contribution in [2.24, 2.45) is 11.8 Å². The zero-order valence-electron chi connectivity index (χ0n) is 13.2. The molecule has 2 aliphatic carbocycles. The van der Waals surface area contributed by atoms with Crippen LogP contribution in [0.5, 0.6) is 0 Å². The van der Waals surface area contributed by atoms with Crippen LogP contribution in [0.3, 0.4) is 0 Å². The van der Waals surface area contributed by atoms with Crippen LogP contribution < -0.4 is 5.32 Å². The van der Waals surface area contributed by atoms with Crippen LogP contribution >= 0.6 is 11.8 Å². The zero-order chi connectivity index (χ0) is 13.8. The molecular weight excluding hydrogens is 264 g/mol. The van der Waals surface area contributed by atoms with Gasteiger partial charge in [0.15, 0.2) is 0 Å². The molecule has 1 heterocycles. The zero-order valence-corrected chi connectivity index (χ0v) is 14.0. The van der Waals surface area contributed by atoms with Gasteiger partial charge in [-0.15, -0.1) is 0 Å². The standard InChI is InChI=1S/C17H32N2S/c1-20-11-5-10-19-13-16(14-6-3-2-4-7-14)18-12-17(19)15-8-9-15/h14-18H,2-13H2,1H3. The van der Waals surface area contributed by atoms with Crippen molar-refractivity contribution >= 4 is 11.8 Å². The Kier molecular flexibility index (Phi) is 5.70. The molecular formula is C17H32N2S. The molecule has 1 aliphatic heterocycles. The summed E-state index contributed by atoms with van der Waals surface area (Å²) in [7, 11) is 0. The van der Waals surface area contributed by atoms with Crippen molar-refractivity contribution in [1.29, 1.82) is 0 Å². The van der Waals surface area contributed by atoms with E-state index in [1.807, 2.05) is 11.8 Å². The molecule has 0 spiro atoms. The number of nitrogens with zero attached hydrogens (tertiary/aromatic N) is 1. The van der Waals surface area contributed by atoms with Crippen LogP contribution in [0, 0.1) is 11.8 Å². The maximum absolute atomic E-state index is 3.93. The highest BCUT2D eigenvalue weighted by Crippen LogP contribution is 2.37. The number of hydrogen-bond acceptors (Lipinski definition) is 3. The lowest BCUT2D eigenvalue weighted by Gasteiger charge is -2.44. The largest absolute Gasteiger partial charge is 0.311 e. The van der Waals surface area contributed by atoms with Crippen molar-refractivity contribution in [3.63, 3.8) is 0 Å². The number of thioether (sulfide) groups is 1. The molecule has 1 N–H and O–H groups in total. The minimum atomic E-state index is 0.791. The Morgan fingerprint density at radius 3 is 2.55 bits per heavy atom. The molecule has 1 saturated heterocycles. The molecule has 3 fully saturated rings. The van der Waals surface area contributed by atoms with Gasteiger partial charge in [0.1, 0.15) is 0 Å². The Hall–Kier alpha value is 0.270. The fourth-order valence-electron chi connectivity index (χ4n) is 4.32.